The molecule has 1 heterocycles. The molecule has 0 bridgehead atoms. The summed E-state index contributed by atoms with van der Waals surface area (Å²) in [6.07, 6.45) is 3.66. The summed E-state index contributed by atoms with van der Waals surface area (Å²) in [5.41, 5.74) is 1.14. The predicted molar refractivity (Wildman–Crippen MR) is 74.8 cm³/mol. The number of carbonyl (C=O) groups excluding carboxylic acids is 1. The highest BCUT2D eigenvalue weighted by Gasteiger charge is 2.19. The molecule has 2 nitrogen and oxygen atoms in total. The average molecular weight is 266 g/mol. The van der Waals surface area contributed by atoms with Gasteiger partial charge in [-0.2, -0.15) is 0 Å². The first-order valence-corrected chi connectivity index (χ1v) is 7.05. The SMILES string of the molecule is CC1CCN(C(=O)CCc2cccc(Cl)c2)CC1. The monoisotopic (exact) mass is 265 g/mol. The number of benzene rings is 1. The van der Waals surface area contributed by atoms with Crippen LogP contribution in [0.2, 0.25) is 5.02 Å². The van der Waals surface area contributed by atoms with Crippen LogP contribution in [0.1, 0.15) is 31.7 Å². The van der Waals surface area contributed by atoms with Crippen LogP contribution >= 0.6 is 11.6 Å². The van der Waals surface area contributed by atoms with Crippen LogP contribution in [0.15, 0.2) is 24.3 Å². The summed E-state index contributed by atoms with van der Waals surface area (Å²) in [5, 5.41) is 0.742. The highest BCUT2D eigenvalue weighted by molar-refractivity contribution is 6.30. The van der Waals surface area contributed by atoms with Gasteiger partial charge < -0.3 is 4.90 Å². The maximum absolute atomic E-state index is 12.1. The molecule has 98 valence electrons. The quantitative estimate of drug-likeness (QED) is 0.819. The van der Waals surface area contributed by atoms with Crippen molar-refractivity contribution in [3.63, 3.8) is 0 Å². The number of piperidine rings is 1. The standard InChI is InChI=1S/C15H20ClNO/c1-12-7-9-17(10-8-12)15(18)6-5-13-3-2-4-14(16)11-13/h2-4,11-12H,5-10H2,1H3. The van der Waals surface area contributed by atoms with E-state index in [1.54, 1.807) is 0 Å². The van der Waals surface area contributed by atoms with Crippen LogP contribution in [0.5, 0.6) is 0 Å². The summed E-state index contributed by atoms with van der Waals surface area (Å²) in [5.74, 6) is 1.05. The van der Waals surface area contributed by atoms with Gasteiger partial charge in [0.2, 0.25) is 5.91 Å². The molecule has 0 atom stereocenters. The van der Waals surface area contributed by atoms with E-state index in [0.717, 1.165) is 48.9 Å². The second-order valence-electron chi connectivity index (χ2n) is 5.19. The number of nitrogens with zero attached hydrogens (tertiary/aromatic N) is 1. The number of aryl methyl sites for hydroxylation is 1. The maximum Gasteiger partial charge on any atom is 0.222 e. The minimum atomic E-state index is 0.280. The summed E-state index contributed by atoms with van der Waals surface area (Å²) < 4.78 is 0. The number of hydrogen-bond donors (Lipinski definition) is 0. The van der Waals surface area contributed by atoms with Crippen molar-refractivity contribution in [2.24, 2.45) is 5.92 Å². The van der Waals surface area contributed by atoms with Gasteiger partial charge in [-0.25, -0.2) is 0 Å². The molecule has 0 aliphatic carbocycles. The highest BCUT2D eigenvalue weighted by atomic mass is 35.5. The lowest BCUT2D eigenvalue weighted by Crippen LogP contribution is -2.37. The predicted octanol–water partition coefficient (Wildman–Crippen LogP) is 3.53. The van der Waals surface area contributed by atoms with Crippen molar-refractivity contribution < 1.29 is 4.79 Å². The second kappa shape index (κ2) is 6.24. The van der Waals surface area contributed by atoms with Gasteiger partial charge in [0, 0.05) is 24.5 Å². The van der Waals surface area contributed by atoms with Gasteiger partial charge in [-0.15, -0.1) is 0 Å². The molecular weight excluding hydrogens is 246 g/mol. The number of halogens is 1. The fraction of sp³-hybridized carbons (Fsp3) is 0.533. The molecule has 0 aromatic heterocycles. The zero-order valence-corrected chi connectivity index (χ0v) is 11.6. The molecule has 0 saturated carbocycles. The Hall–Kier alpha value is -1.02. The van der Waals surface area contributed by atoms with Crippen molar-refractivity contribution in [2.75, 3.05) is 13.1 Å². The minimum absolute atomic E-state index is 0.280. The van der Waals surface area contributed by atoms with E-state index < -0.39 is 0 Å². The van der Waals surface area contributed by atoms with E-state index in [-0.39, 0.29) is 5.91 Å². The molecule has 1 aromatic rings. The molecule has 3 heteroatoms. The maximum atomic E-state index is 12.1. The Morgan fingerprint density at radius 2 is 2.11 bits per heavy atom. The van der Waals surface area contributed by atoms with Crippen molar-refractivity contribution in [1.29, 1.82) is 0 Å². The summed E-state index contributed by atoms with van der Waals surface area (Å²) in [4.78, 5) is 14.1. The Morgan fingerprint density at radius 1 is 1.39 bits per heavy atom. The van der Waals surface area contributed by atoms with Crippen molar-refractivity contribution in [1.82, 2.24) is 4.90 Å². The van der Waals surface area contributed by atoms with Crippen LogP contribution in [0, 0.1) is 5.92 Å². The molecule has 1 amide bonds. The average Bonchev–Trinajstić information content (AvgIpc) is 2.37. The number of likely N-dealkylation sites (tertiary alicyclic amines) is 1. The van der Waals surface area contributed by atoms with Crippen molar-refractivity contribution >= 4 is 17.5 Å². The fourth-order valence-corrected chi connectivity index (χ4v) is 2.57. The van der Waals surface area contributed by atoms with Gasteiger partial charge >= 0.3 is 0 Å². The number of rotatable bonds is 3. The molecule has 1 aromatic carbocycles. The van der Waals surface area contributed by atoms with E-state index in [1.807, 2.05) is 29.2 Å². The Balaban J connectivity index is 1.81. The van der Waals surface area contributed by atoms with Gasteiger partial charge in [-0.1, -0.05) is 30.7 Å². The summed E-state index contributed by atoms with van der Waals surface area (Å²) in [6, 6.07) is 7.76. The van der Waals surface area contributed by atoms with Gasteiger partial charge in [0.25, 0.3) is 0 Å². The van der Waals surface area contributed by atoms with Crippen LogP contribution in [-0.2, 0) is 11.2 Å². The number of carbonyl (C=O) groups is 1. The van der Waals surface area contributed by atoms with Crippen molar-refractivity contribution in [2.45, 2.75) is 32.6 Å². The molecule has 0 N–H and O–H groups in total. The zero-order valence-electron chi connectivity index (χ0n) is 10.9. The van der Waals surface area contributed by atoms with E-state index in [4.69, 9.17) is 11.6 Å². The van der Waals surface area contributed by atoms with Gasteiger partial charge in [-0.05, 0) is 42.9 Å². The van der Waals surface area contributed by atoms with Crippen molar-refractivity contribution in [3.8, 4) is 0 Å². The third-order valence-electron chi connectivity index (χ3n) is 3.65. The van der Waals surface area contributed by atoms with E-state index in [2.05, 4.69) is 6.92 Å². The Morgan fingerprint density at radius 3 is 2.78 bits per heavy atom. The van der Waals surface area contributed by atoms with E-state index >= 15 is 0 Å². The first kappa shape index (κ1) is 13.4. The van der Waals surface area contributed by atoms with Gasteiger partial charge in [0.1, 0.15) is 0 Å². The molecule has 0 radical (unpaired) electrons. The first-order valence-electron chi connectivity index (χ1n) is 6.67. The van der Waals surface area contributed by atoms with Gasteiger partial charge in [0.05, 0.1) is 0 Å². The fourth-order valence-electron chi connectivity index (χ4n) is 2.36. The lowest BCUT2D eigenvalue weighted by molar-refractivity contribution is -0.132. The van der Waals surface area contributed by atoms with Crippen LogP contribution in [0.4, 0.5) is 0 Å². The third kappa shape index (κ3) is 3.74. The molecule has 1 fully saturated rings. The number of amides is 1. The Bertz CT molecular complexity index is 411. The first-order chi connectivity index (χ1) is 8.65. The largest absolute Gasteiger partial charge is 0.343 e. The van der Waals surface area contributed by atoms with Crippen molar-refractivity contribution in [3.05, 3.63) is 34.9 Å². The molecule has 18 heavy (non-hydrogen) atoms. The lowest BCUT2D eigenvalue weighted by atomic mass is 9.98. The van der Waals surface area contributed by atoms with Gasteiger partial charge in [0.15, 0.2) is 0 Å². The normalized spacial score (nSPS) is 16.9. The smallest absolute Gasteiger partial charge is 0.222 e. The zero-order chi connectivity index (χ0) is 13.0. The lowest BCUT2D eigenvalue weighted by Gasteiger charge is -2.30. The van der Waals surface area contributed by atoms with Crippen LogP contribution in [0.25, 0.3) is 0 Å². The Labute approximate surface area is 114 Å². The van der Waals surface area contributed by atoms with Crippen LogP contribution in [0.3, 0.4) is 0 Å². The van der Waals surface area contributed by atoms with E-state index in [0.29, 0.717) is 6.42 Å². The molecule has 1 aliphatic rings. The van der Waals surface area contributed by atoms with Gasteiger partial charge in [-0.3, -0.25) is 4.79 Å². The second-order valence-corrected chi connectivity index (χ2v) is 5.63. The molecule has 1 aliphatic heterocycles. The van der Waals surface area contributed by atoms with Crippen LogP contribution in [-0.4, -0.2) is 23.9 Å². The third-order valence-corrected chi connectivity index (χ3v) is 3.89. The summed E-state index contributed by atoms with van der Waals surface area (Å²) >= 11 is 5.93. The molecule has 0 unspecified atom stereocenters. The molecule has 0 spiro atoms. The Kier molecular flexibility index (Phi) is 4.65. The summed E-state index contributed by atoms with van der Waals surface area (Å²) in [6.45, 7) is 4.11. The van der Waals surface area contributed by atoms with Crippen LogP contribution < -0.4 is 0 Å². The van der Waals surface area contributed by atoms with E-state index in [9.17, 15) is 4.79 Å². The minimum Gasteiger partial charge on any atom is -0.343 e. The molecular formula is C15H20ClNO. The topological polar surface area (TPSA) is 20.3 Å². The molecule has 1 saturated heterocycles. The highest BCUT2D eigenvalue weighted by Crippen LogP contribution is 2.18. The summed E-state index contributed by atoms with van der Waals surface area (Å²) in [7, 11) is 0. The van der Waals surface area contributed by atoms with E-state index in [1.165, 1.54) is 0 Å². The molecule has 2 rings (SSSR count). The number of hydrogen-bond acceptors (Lipinski definition) is 1.